The van der Waals surface area contributed by atoms with E-state index < -0.39 is 0 Å². The van der Waals surface area contributed by atoms with E-state index in [4.69, 9.17) is 4.74 Å². The van der Waals surface area contributed by atoms with Crippen LogP contribution in [0.25, 0.3) is 10.9 Å². The Labute approximate surface area is 130 Å². The van der Waals surface area contributed by atoms with E-state index in [-0.39, 0.29) is 18.4 Å². The van der Waals surface area contributed by atoms with Gasteiger partial charge in [-0.25, -0.2) is 0 Å². The predicted octanol–water partition coefficient (Wildman–Crippen LogP) is 1.42. The fourth-order valence-corrected chi connectivity index (χ4v) is 2.19. The van der Waals surface area contributed by atoms with Crippen molar-refractivity contribution in [3.8, 4) is 0 Å². The minimum Gasteiger partial charge on any atom is -0.383 e. The van der Waals surface area contributed by atoms with Crippen molar-refractivity contribution in [2.24, 2.45) is 0 Å². The minimum atomic E-state index is -0.316. The Bertz CT molecular complexity index is 654. The van der Waals surface area contributed by atoms with Gasteiger partial charge >= 0.3 is 0 Å². The molecule has 112 valence electrons. The van der Waals surface area contributed by atoms with E-state index in [1.165, 1.54) is 0 Å². The largest absolute Gasteiger partial charge is 0.383 e. The molecule has 0 spiro atoms. The van der Waals surface area contributed by atoms with Gasteiger partial charge in [0.2, 0.25) is 5.91 Å². The number of nitrogens with one attached hydrogen (secondary N) is 3. The van der Waals surface area contributed by atoms with E-state index in [1.54, 1.807) is 13.2 Å². The Kier molecular flexibility index (Phi) is 5.35. The van der Waals surface area contributed by atoms with Crippen LogP contribution in [0.15, 0.2) is 28.7 Å². The van der Waals surface area contributed by atoms with Crippen LogP contribution in [-0.4, -0.2) is 43.6 Å². The van der Waals surface area contributed by atoms with Gasteiger partial charge in [0, 0.05) is 29.0 Å². The quantitative estimate of drug-likeness (QED) is 0.686. The third kappa shape index (κ3) is 4.30. The summed E-state index contributed by atoms with van der Waals surface area (Å²) in [5, 5.41) is 6.13. The van der Waals surface area contributed by atoms with Crippen molar-refractivity contribution >= 4 is 38.6 Å². The van der Waals surface area contributed by atoms with Crippen molar-refractivity contribution in [1.29, 1.82) is 0 Å². The molecule has 7 heteroatoms. The summed E-state index contributed by atoms with van der Waals surface area (Å²) in [6, 6.07) is 7.45. The molecule has 0 bridgehead atoms. The molecule has 0 fully saturated rings. The Balaban J connectivity index is 1.91. The van der Waals surface area contributed by atoms with Crippen LogP contribution in [0.5, 0.6) is 0 Å². The summed E-state index contributed by atoms with van der Waals surface area (Å²) in [5.41, 5.74) is 1.28. The highest BCUT2D eigenvalue weighted by Crippen LogP contribution is 2.20. The summed E-state index contributed by atoms with van der Waals surface area (Å²) in [6.07, 6.45) is 0. The highest BCUT2D eigenvalue weighted by molar-refractivity contribution is 9.10. The Morgan fingerprint density at radius 1 is 1.29 bits per heavy atom. The minimum absolute atomic E-state index is 0.0678. The summed E-state index contributed by atoms with van der Waals surface area (Å²) in [7, 11) is 1.56. The number of hydrogen-bond acceptors (Lipinski definition) is 3. The van der Waals surface area contributed by atoms with E-state index >= 15 is 0 Å². The molecule has 0 aliphatic rings. The lowest BCUT2D eigenvalue weighted by molar-refractivity contribution is -0.120. The van der Waals surface area contributed by atoms with Crippen LogP contribution in [0.3, 0.4) is 0 Å². The molecule has 0 atom stereocenters. The standard InChI is InChI=1S/C14H16BrN3O3/c1-21-5-4-16-13(19)8-17-14(20)12-6-9-2-3-10(15)7-11(9)18-12/h2-3,6-7,18H,4-5,8H2,1H3,(H,16,19)(H,17,20). The Morgan fingerprint density at radius 2 is 2.10 bits per heavy atom. The number of rotatable bonds is 6. The second kappa shape index (κ2) is 7.24. The van der Waals surface area contributed by atoms with Gasteiger partial charge in [-0.15, -0.1) is 0 Å². The van der Waals surface area contributed by atoms with E-state index in [9.17, 15) is 9.59 Å². The zero-order chi connectivity index (χ0) is 15.2. The van der Waals surface area contributed by atoms with Gasteiger partial charge in [-0.2, -0.15) is 0 Å². The topological polar surface area (TPSA) is 83.2 Å². The molecule has 21 heavy (non-hydrogen) atoms. The molecule has 1 aromatic carbocycles. The van der Waals surface area contributed by atoms with Crippen LogP contribution in [0.1, 0.15) is 10.5 Å². The molecule has 3 N–H and O–H groups in total. The van der Waals surface area contributed by atoms with Crippen molar-refractivity contribution in [2.45, 2.75) is 0 Å². The molecule has 2 rings (SSSR count). The molecule has 0 radical (unpaired) electrons. The van der Waals surface area contributed by atoms with Crippen LogP contribution in [0, 0.1) is 0 Å². The molecule has 0 saturated carbocycles. The van der Waals surface area contributed by atoms with Crippen molar-refractivity contribution in [1.82, 2.24) is 15.6 Å². The maximum Gasteiger partial charge on any atom is 0.268 e. The Morgan fingerprint density at radius 3 is 2.86 bits per heavy atom. The molecule has 1 heterocycles. The number of H-pyrrole nitrogens is 1. The van der Waals surface area contributed by atoms with E-state index in [0.29, 0.717) is 18.8 Å². The number of aromatic amines is 1. The number of methoxy groups -OCH3 is 1. The smallest absolute Gasteiger partial charge is 0.268 e. The average Bonchev–Trinajstić information content (AvgIpc) is 2.88. The van der Waals surface area contributed by atoms with Crippen LogP contribution in [0.4, 0.5) is 0 Å². The van der Waals surface area contributed by atoms with E-state index in [0.717, 1.165) is 15.4 Å². The summed E-state index contributed by atoms with van der Waals surface area (Å²) in [6.45, 7) is 0.795. The van der Waals surface area contributed by atoms with Gasteiger partial charge < -0.3 is 20.4 Å². The fourth-order valence-electron chi connectivity index (χ4n) is 1.83. The van der Waals surface area contributed by atoms with Crippen LogP contribution < -0.4 is 10.6 Å². The number of halogens is 1. The first-order valence-corrected chi connectivity index (χ1v) is 7.21. The lowest BCUT2D eigenvalue weighted by atomic mass is 10.2. The van der Waals surface area contributed by atoms with Crippen LogP contribution in [0.2, 0.25) is 0 Å². The second-order valence-electron chi connectivity index (χ2n) is 4.44. The SMILES string of the molecule is COCCNC(=O)CNC(=O)c1cc2ccc(Br)cc2[nH]1. The molecule has 0 saturated heterocycles. The molecule has 0 unspecified atom stereocenters. The first-order valence-electron chi connectivity index (χ1n) is 6.42. The Hall–Kier alpha value is -1.86. The van der Waals surface area contributed by atoms with E-state index in [2.05, 4.69) is 31.5 Å². The van der Waals surface area contributed by atoms with Crippen molar-refractivity contribution in [3.05, 3.63) is 34.4 Å². The summed E-state index contributed by atoms with van der Waals surface area (Å²) in [5.74, 6) is -0.566. The number of benzene rings is 1. The number of carbonyl (C=O) groups excluding carboxylic acids is 2. The molecule has 1 aromatic heterocycles. The summed E-state index contributed by atoms with van der Waals surface area (Å²) >= 11 is 3.37. The van der Waals surface area contributed by atoms with Crippen LogP contribution in [-0.2, 0) is 9.53 Å². The third-order valence-corrected chi connectivity index (χ3v) is 3.36. The van der Waals surface area contributed by atoms with Crippen molar-refractivity contribution in [3.63, 3.8) is 0 Å². The number of hydrogen-bond donors (Lipinski definition) is 3. The predicted molar refractivity (Wildman–Crippen MR) is 83.2 cm³/mol. The fraction of sp³-hybridized carbons (Fsp3) is 0.286. The first kappa shape index (κ1) is 15.5. The average molecular weight is 354 g/mol. The molecule has 2 amide bonds. The molecule has 0 aliphatic carbocycles. The molecule has 6 nitrogen and oxygen atoms in total. The highest BCUT2D eigenvalue weighted by atomic mass is 79.9. The molecule has 0 aliphatic heterocycles. The highest BCUT2D eigenvalue weighted by Gasteiger charge is 2.11. The monoisotopic (exact) mass is 353 g/mol. The van der Waals surface area contributed by atoms with Gasteiger partial charge in [0.1, 0.15) is 5.69 Å². The van der Waals surface area contributed by atoms with Gasteiger partial charge in [-0.3, -0.25) is 9.59 Å². The molecular weight excluding hydrogens is 338 g/mol. The van der Waals surface area contributed by atoms with E-state index in [1.807, 2.05) is 18.2 Å². The first-order chi connectivity index (χ1) is 10.1. The third-order valence-electron chi connectivity index (χ3n) is 2.87. The normalized spacial score (nSPS) is 10.6. The maximum absolute atomic E-state index is 12.0. The number of aromatic nitrogens is 1. The zero-order valence-corrected chi connectivity index (χ0v) is 13.1. The van der Waals surface area contributed by atoms with Crippen molar-refractivity contribution < 1.29 is 14.3 Å². The maximum atomic E-state index is 12.0. The summed E-state index contributed by atoms with van der Waals surface area (Å²) < 4.78 is 5.75. The number of fused-ring (bicyclic) bond motifs is 1. The molecule has 2 aromatic rings. The zero-order valence-electron chi connectivity index (χ0n) is 11.5. The van der Waals surface area contributed by atoms with Crippen LogP contribution >= 0.6 is 15.9 Å². The number of amides is 2. The molecular formula is C14H16BrN3O3. The number of ether oxygens (including phenoxy) is 1. The van der Waals surface area contributed by atoms with Gasteiger partial charge in [0.05, 0.1) is 13.2 Å². The van der Waals surface area contributed by atoms with Gasteiger partial charge in [0.15, 0.2) is 0 Å². The lowest BCUT2D eigenvalue weighted by Crippen LogP contribution is -2.38. The van der Waals surface area contributed by atoms with Gasteiger partial charge in [0.25, 0.3) is 5.91 Å². The lowest BCUT2D eigenvalue weighted by Gasteiger charge is -2.05. The van der Waals surface area contributed by atoms with Gasteiger partial charge in [-0.05, 0) is 18.2 Å². The van der Waals surface area contributed by atoms with Crippen molar-refractivity contribution in [2.75, 3.05) is 26.8 Å². The van der Waals surface area contributed by atoms with Gasteiger partial charge in [-0.1, -0.05) is 22.0 Å². The summed E-state index contributed by atoms with van der Waals surface area (Å²) in [4.78, 5) is 26.5. The number of carbonyl (C=O) groups is 2. The second-order valence-corrected chi connectivity index (χ2v) is 5.36.